The number of nitrogens with two attached hydrogens (primary N) is 1. The zero-order chi connectivity index (χ0) is 14.6. The minimum atomic E-state index is -0.168. The van der Waals surface area contributed by atoms with Crippen molar-refractivity contribution >= 4 is 11.7 Å². The molecule has 1 rings (SSSR count). The molecule has 1 amide bonds. The van der Waals surface area contributed by atoms with Crippen LogP contribution < -0.4 is 11.1 Å². The predicted octanol–water partition coefficient (Wildman–Crippen LogP) is 1.82. The lowest BCUT2D eigenvalue weighted by Gasteiger charge is -2.04. The fraction of sp³-hybridized carbons (Fsp3) is 0.467. The molecule has 0 heterocycles. The molecule has 0 unspecified atom stereocenters. The van der Waals surface area contributed by atoms with Crippen molar-refractivity contribution in [1.29, 1.82) is 0 Å². The fourth-order valence-corrected chi connectivity index (χ4v) is 1.59. The lowest BCUT2D eigenvalue weighted by molar-refractivity contribution is -0.125. The highest BCUT2D eigenvalue weighted by atomic mass is 16.6. The number of hydrogen-bond donors (Lipinski definition) is 2. The predicted molar refractivity (Wildman–Crippen MR) is 80.3 cm³/mol. The van der Waals surface area contributed by atoms with Crippen LogP contribution in [-0.4, -0.2) is 24.9 Å². The summed E-state index contributed by atoms with van der Waals surface area (Å²) in [4.78, 5) is 16.3. The molecule has 0 fully saturated rings. The molecule has 0 saturated heterocycles. The van der Waals surface area contributed by atoms with Gasteiger partial charge in [-0.1, -0.05) is 48.8 Å². The number of carbonyl (C=O) groups excluding carboxylic acids is 1. The van der Waals surface area contributed by atoms with Crippen molar-refractivity contribution in [1.82, 2.24) is 5.32 Å². The lowest BCUT2D eigenvalue weighted by atomic mass is 10.1. The maximum Gasteiger partial charge on any atom is 0.260 e. The lowest BCUT2D eigenvalue weighted by Crippen LogP contribution is -2.28. The third-order valence-electron chi connectivity index (χ3n) is 2.74. The molecule has 0 radical (unpaired) electrons. The van der Waals surface area contributed by atoms with Gasteiger partial charge in [0.2, 0.25) is 0 Å². The second-order valence-electron chi connectivity index (χ2n) is 4.55. The smallest absolute Gasteiger partial charge is 0.260 e. The van der Waals surface area contributed by atoms with E-state index < -0.39 is 0 Å². The Morgan fingerprint density at radius 2 is 2.10 bits per heavy atom. The van der Waals surface area contributed by atoms with Gasteiger partial charge in [0.15, 0.2) is 6.61 Å². The summed E-state index contributed by atoms with van der Waals surface area (Å²) in [5, 5.41) is 6.48. The Labute approximate surface area is 120 Å². The van der Waals surface area contributed by atoms with Crippen LogP contribution in [0.5, 0.6) is 0 Å². The summed E-state index contributed by atoms with van der Waals surface area (Å²) in [6.45, 7) is 2.65. The molecule has 110 valence electrons. The highest BCUT2D eigenvalue weighted by Gasteiger charge is 2.01. The van der Waals surface area contributed by atoms with Crippen LogP contribution in [0.4, 0.5) is 0 Å². The summed E-state index contributed by atoms with van der Waals surface area (Å²) in [5.74, 6) is 0.230. The number of nitrogens with one attached hydrogen (secondary N) is 1. The topological polar surface area (TPSA) is 76.7 Å². The van der Waals surface area contributed by atoms with Gasteiger partial charge in [-0.3, -0.25) is 4.79 Å². The average Bonchev–Trinajstić information content (AvgIpc) is 2.46. The number of amides is 1. The molecule has 20 heavy (non-hydrogen) atoms. The first-order valence-corrected chi connectivity index (χ1v) is 6.97. The van der Waals surface area contributed by atoms with Crippen molar-refractivity contribution in [2.45, 2.75) is 32.6 Å². The monoisotopic (exact) mass is 277 g/mol. The molecule has 0 saturated carbocycles. The molecule has 3 N–H and O–H groups in total. The highest BCUT2D eigenvalue weighted by Crippen LogP contribution is 2.02. The van der Waals surface area contributed by atoms with Gasteiger partial charge in [-0.25, -0.2) is 0 Å². The van der Waals surface area contributed by atoms with Gasteiger partial charge in [-0.15, -0.1) is 0 Å². The Balaban J connectivity index is 2.16. The number of benzene rings is 1. The van der Waals surface area contributed by atoms with Gasteiger partial charge in [0.25, 0.3) is 5.91 Å². The summed E-state index contributed by atoms with van der Waals surface area (Å²) in [7, 11) is 0. The quantitative estimate of drug-likeness (QED) is 0.313. The maximum atomic E-state index is 11.3. The van der Waals surface area contributed by atoms with Crippen LogP contribution in [0.1, 0.15) is 31.7 Å². The van der Waals surface area contributed by atoms with Crippen LogP contribution in [0.15, 0.2) is 35.5 Å². The van der Waals surface area contributed by atoms with Crippen molar-refractivity contribution < 1.29 is 9.63 Å². The van der Waals surface area contributed by atoms with Crippen LogP contribution in [0.2, 0.25) is 0 Å². The maximum absolute atomic E-state index is 11.3. The molecule has 0 aliphatic rings. The van der Waals surface area contributed by atoms with E-state index in [1.807, 2.05) is 30.3 Å². The van der Waals surface area contributed by atoms with E-state index in [9.17, 15) is 4.79 Å². The van der Waals surface area contributed by atoms with E-state index in [2.05, 4.69) is 17.4 Å². The van der Waals surface area contributed by atoms with Gasteiger partial charge in [0.05, 0.1) is 0 Å². The third-order valence-corrected chi connectivity index (χ3v) is 2.74. The van der Waals surface area contributed by atoms with E-state index in [1.54, 1.807) is 0 Å². The number of carbonyl (C=O) groups is 1. The van der Waals surface area contributed by atoms with Gasteiger partial charge >= 0.3 is 0 Å². The van der Waals surface area contributed by atoms with Crippen LogP contribution in [0, 0.1) is 0 Å². The molecule has 0 atom stereocenters. The van der Waals surface area contributed by atoms with Crippen LogP contribution in [-0.2, 0) is 16.1 Å². The minimum Gasteiger partial charge on any atom is -0.384 e. The Morgan fingerprint density at radius 3 is 2.80 bits per heavy atom. The summed E-state index contributed by atoms with van der Waals surface area (Å²) in [5.41, 5.74) is 6.92. The molecular formula is C15H23N3O2. The third kappa shape index (κ3) is 7.41. The number of aryl methyl sites for hydroxylation is 1. The van der Waals surface area contributed by atoms with Gasteiger partial charge in [0, 0.05) is 13.0 Å². The normalized spacial score (nSPS) is 11.2. The largest absolute Gasteiger partial charge is 0.384 e. The molecule has 1 aromatic carbocycles. The van der Waals surface area contributed by atoms with Gasteiger partial charge < -0.3 is 15.9 Å². The zero-order valence-electron chi connectivity index (χ0n) is 12.0. The number of hydrogen-bond acceptors (Lipinski definition) is 3. The Hall–Kier alpha value is -2.04. The van der Waals surface area contributed by atoms with Gasteiger partial charge in [-0.2, -0.15) is 0 Å². The summed E-state index contributed by atoms with van der Waals surface area (Å²) in [6.07, 6.45) is 3.43. The molecule has 0 bridgehead atoms. The van der Waals surface area contributed by atoms with Crippen molar-refractivity contribution in [3.63, 3.8) is 0 Å². The first-order valence-electron chi connectivity index (χ1n) is 6.97. The number of amidine groups is 1. The molecule has 0 spiro atoms. The fourth-order valence-electron chi connectivity index (χ4n) is 1.59. The van der Waals surface area contributed by atoms with E-state index >= 15 is 0 Å². The number of unbranched alkanes of at least 4 members (excludes halogenated alkanes) is 1. The molecular weight excluding hydrogens is 254 g/mol. The molecule has 5 heteroatoms. The Kier molecular flexibility index (Phi) is 7.87. The zero-order valence-corrected chi connectivity index (χ0v) is 12.0. The van der Waals surface area contributed by atoms with Gasteiger partial charge in [-0.05, 0) is 18.4 Å². The first-order chi connectivity index (χ1) is 9.72. The Bertz CT molecular complexity index is 418. The first kappa shape index (κ1) is 16.0. The van der Waals surface area contributed by atoms with Crippen molar-refractivity contribution in [3.05, 3.63) is 35.9 Å². The Morgan fingerprint density at radius 1 is 1.35 bits per heavy atom. The van der Waals surface area contributed by atoms with E-state index in [4.69, 9.17) is 10.6 Å². The molecule has 1 aromatic rings. The average molecular weight is 277 g/mol. The van der Waals surface area contributed by atoms with Crippen LogP contribution in [0.3, 0.4) is 0 Å². The van der Waals surface area contributed by atoms with Crippen molar-refractivity contribution in [3.8, 4) is 0 Å². The second-order valence-corrected chi connectivity index (χ2v) is 4.55. The summed E-state index contributed by atoms with van der Waals surface area (Å²) >= 11 is 0. The minimum absolute atomic E-state index is 0.0875. The molecule has 0 aliphatic carbocycles. The highest BCUT2D eigenvalue weighted by molar-refractivity contribution is 5.80. The number of nitrogens with zero attached hydrogens (tertiary/aromatic N) is 1. The van der Waals surface area contributed by atoms with Gasteiger partial charge in [0.1, 0.15) is 5.84 Å². The van der Waals surface area contributed by atoms with Crippen LogP contribution in [0.25, 0.3) is 0 Å². The van der Waals surface area contributed by atoms with E-state index in [1.165, 1.54) is 5.56 Å². The van der Waals surface area contributed by atoms with E-state index in [0.717, 1.165) is 19.3 Å². The summed E-state index contributed by atoms with van der Waals surface area (Å²) < 4.78 is 0. The van der Waals surface area contributed by atoms with Crippen molar-refractivity contribution in [2.24, 2.45) is 10.9 Å². The van der Waals surface area contributed by atoms with E-state index in [-0.39, 0.29) is 12.5 Å². The second kappa shape index (κ2) is 9.83. The molecule has 0 aromatic heterocycles. The van der Waals surface area contributed by atoms with Crippen molar-refractivity contribution in [2.75, 3.05) is 13.2 Å². The number of rotatable bonds is 9. The molecule has 5 nitrogen and oxygen atoms in total. The standard InChI is InChI=1S/C15H23N3O2/c1-2-3-11-17-15(19)12-20-18-14(16)10-9-13-7-5-4-6-8-13/h4-8H,2-3,9-12H2,1H3,(H2,16,18)(H,17,19). The SMILES string of the molecule is CCCCNC(=O)CO/N=C(\N)CCc1ccccc1. The molecule has 0 aliphatic heterocycles. The summed E-state index contributed by atoms with van der Waals surface area (Å²) in [6, 6.07) is 10.0. The number of oxime groups is 1. The van der Waals surface area contributed by atoms with Crippen LogP contribution >= 0.6 is 0 Å². The van der Waals surface area contributed by atoms with E-state index in [0.29, 0.717) is 18.8 Å².